The molecule has 0 fully saturated rings. The van der Waals surface area contributed by atoms with Gasteiger partial charge in [-0.15, -0.1) is 11.3 Å². The molecule has 1 heterocycles. The molecule has 0 saturated heterocycles. The van der Waals surface area contributed by atoms with Crippen molar-refractivity contribution in [3.8, 4) is 0 Å². The Bertz CT molecular complexity index is 766. The molecule has 9 heteroatoms. The lowest BCUT2D eigenvalue weighted by molar-refractivity contribution is 0.318. The number of aromatic nitrogens is 1. The van der Waals surface area contributed by atoms with Crippen molar-refractivity contribution in [2.45, 2.75) is 11.1 Å². The monoisotopic (exact) mass is 326 g/mol. The highest BCUT2D eigenvalue weighted by molar-refractivity contribution is 7.94. The number of aryl methyl sites for hydroxylation is 1. The van der Waals surface area contributed by atoms with Crippen LogP contribution in [0.4, 0.5) is 5.69 Å². The normalized spacial score (nSPS) is 12.4. The fourth-order valence-corrected chi connectivity index (χ4v) is 4.11. The van der Waals surface area contributed by atoms with E-state index in [2.05, 4.69) is 10.1 Å². The Labute approximate surface area is 126 Å². The summed E-state index contributed by atoms with van der Waals surface area (Å²) in [5.74, 6) is -0.0369. The number of sulfonamides is 1. The average Bonchev–Trinajstić information content (AvgIpc) is 2.93. The van der Waals surface area contributed by atoms with E-state index in [4.69, 9.17) is 10.9 Å². The van der Waals surface area contributed by atoms with Crippen LogP contribution in [0.25, 0.3) is 0 Å². The molecule has 7 nitrogen and oxygen atoms in total. The molecule has 21 heavy (non-hydrogen) atoms. The van der Waals surface area contributed by atoms with Crippen LogP contribution in [0, 0.1) is 6.92 Å². The number of thiazole rings is 1. The van der Waals surface area contributed by atoms with Gasteiger partial charge in [0.05, 0.1) is 16.9 Å². The first-order valence-corrected chi connectivity index (χ1v) is 8.11. The number of nitrogens with zero attached hydrogens (tertiary/aromatic N) is 3. The SMILES string of the molecule is Cc1ncc(S(=O)(=O)N(C)c2ccc(/C(N)=N/O)cc2)s1. The minimum atomic E-state index is -3.63. The van der Waals surface area contributed by atoms with E-state index in [-0.39, 0.29) is 10.0 Å². The highest BCUT2D eigenvalue weighted by atomic mass is 32.2. The van der Waals surface area contributed by atoms with Crippen molar-refractivity contribution in [2.24, 2.45) is 10.9 Å². The fraction of sp³-hybridized carbons (Fsp3) is 0.167. The number of anilines is 1. The Morgan fingerprint density at radius 3 is 2.48 bits per heavy atom. The molecule has 3 N–H and O–H groups in total. The van der Waals surface area contributed by atoms with E-state index in [9.17, 15) is 8.42 Å². The molecular formula is C12H14N4O3S2. The molecule has 2 aromatic rings. The van der Waals surface area contributed by atoms with Crippen molar-refractivity contribution in [2.75, 3.05) is 11.4 Å². The maximum Gasteiger partial charge on any atom is 0.275 e. The summed E-state index contributed by atoms with van der Waals surface area (Å²) in [5, 5.41) is 12.2. The van der Waals surface area contributed by atoms with Gasteiger partial charge in [-0.05, 0) is 31.2 Å². The van der Waals surface area contributed by atoms with Crippen LogP contribution < -0.4 is 10.0 Å². The number of benzene rings is 1. The van der Waals surface area contributed by atoms with Crippen molar-refractivity contribution in [3.05, 3.63) is 41.0 Å². The molecule has 2 rings (SSSR count). The summed E-state index contributed by atoms with van der Waals surface area (Å²) in [6.07, 6.45) is 1.34. The molecule has 112 valence electrons. The maximum absolute atomic E-state index is 12.4. The zero-order valence-corrected chi connectivity index (χ0v) is 13.0. The number of rotatable bonds is 4. The first-order chi connectivity index (χ1) is 9.86. The first kappa shape index (κ1) is 15.3. The van der Waals surface area contributed by atoms with Crippen LogP contribution in [0.5, 0.6) is 0 Å². The van der Waals surface area contributed by atoms with Crippen molar-refractivity contribution >= 4 is 32.9 Å². The van der Waals surface area contributed by atoms with Gasteiger partial charge in [0.15, 0.2) is 10.0 Å². The molecule has 0 saturated carbocycles. The van der Waals surface area contributed by atoms with Gasteiger partial charge in [-0.25, -0.2) is 13.4 Å². The summed E-state index contributed by atoms with van der Waals surface area (Å²) in [6.45, 7) is 1.75. The molecule has 1 aromatic carbocycles. The van der Waals surface area contributed by atoms with E-state index >= 15 is 0 Å². The number of amidine groups is 1. The van der Waals surface area contributed by atoms with Gasteiger partial charge in [-0.3, -0.25) is 4.31 Å². The largest absolute Gasteiger partial charge is 0.409 e. The molecule has 0 unspecified atom stereocenters. The zero-order valence-electron chi connectivity index (χ0n) is 11.4. The lowest BCUT2D eigenvalue weighted by atomic mass is 10.2. The Morgan fingerprint density at radius 1 is 1.38 bits per heavy atom. The standard InChI is InChI=1S/C12H14N4O3S2/c1-8-14-7-11(20-8)21(18,19)16(2)10-5-3-9(4-6-10)12(13)15-17/h3-7,17H,1-2H3,(H2,13,15). The van der Waals surface area contributed by atoms with Crippen LogP contribution in [0.2, 0.25) is 0 Å². The molecule has 0 aliphatic rings. The van der Waals surface area contributed by atoms with Crippen LogP contribution in [0.3, 0.4) is 0 Å². The Kier molecular flexibility index (Phi) is 4.14. The van der Waals surface area contributed by atoms with Crippen LogP contribution in [-0.4, -0.2) is 31.5 Å². The molecule has 0 bridgehead atoms. The maximum atomic E-state index is 12.4. The van der Waals surface area contributed by atoms with Gasteiger partial charge in [-0.2, -0.15) is 0 Å². The third-order valence-electron chi connectivity index (χ3n) is 2.85. The van der Waals surface area contributed by atoms with Gasteiger partial charge < -0.3 is 10.9 Å². The van der Waals surface area contributed by atoms with Crippen LogP contribution >= 0.6 is 11.3 Å². The molecule has 1 aromatic heterocycles. The summed E-state index contributed by atoms with van der Waals surface area (Å²) in [6, 6.07) is 6.32. The molecule has 0 atom stereocenters. The molecule has 0 spiro atoms. The summed E-state index contributed by atoms with van der Waals surface area (Å²) in [5.41, 5.74) is 6.43. The van der Waals surface area contributed by atoms with E-state index in [0.717, 1.165) is 15.6 Å². The topological polar surface area (TPSA) is 109 Å². The zero-order chi connectivity index (χ0) is 15.6. The third kappa shape index (κ3) is 2.98. The van der Waals surface area contributed by atoms with Crippen molar-refractivity contribution in [3.63, 3.8) is 0 Å². The van der Waals surface area contributed by atoms with Gasteiger partial charge in [-0.1, -0.05) is 5.16 Å². The number of oxime groups is 1. The lowest BCUT2D eigenvalue weighted by Crippen LogP contribution is -2.26. The second-order valence-electron chi connectivity index (χ2n) is 4.20. The van der Waals surface area contributed by atoms with Gasteiger partial charge in [0.1, 0.15) is 0 Å². The second-order valence-corrected chi connectivity index (χ2v) is 7.63. The van der Waals surface area contributed by atoms with Gasteiger partial charge in [0, 0.05) is 12.6 Å². The van der Waals surface area contributed by atoms with E-state index in [1.807, 2.05) is 0 Å². The van der Waals surface area contributed by atoms with Crippen molar-refractivity contribution < 1.29 is 13.6 Å². The average molecular weight is 326 g/mol. The van der Waals surface area contributed by atoms with Gasteiger partial charge >= 0.3 is 0 Å². The number of hydrogen-bond acceptors (Lipinski definition) is 6. The predicted molar refractivity (Wildman–Crippen MR) is 81.4 cm³/mol. The highest BCUT2D eigenvalue weighted by Gasteiger charge is 2.23. The van der Waals surface area contributed by atoms with Gasteiger partial charge in [0.2, 0.25) is 0 Å². The molecule has 0 aliphatic heterocycles. The Hall–Kier alpha value is -2.13. The third-order valence-corrected chi connectivity index (χ3v) is 5.98. The molecule has 0 aliphatic carbocycles. The summed E-state index contributed by atoms with van der Waals surface area (Å²) >= 11 is 1.12. The van der Waals surface area contributed by atoms with E-state index < -0.39 is 10.0 Å². The number of hydrogen-bond donors (Lipinski definition) is 2. The molecular weight excluding hydrogens is 312 g/mol. The Balaban J connectivity index is 2.33. The van der Waals surface area contributed by atoms with Crippen molar-refractivity contribution in [1.82, 2.24) is 4.98 Å². The summed E-state index contributed by atoms with van der Waals surface area (Å²) in [4.78, 5) is 3.96. The quantitative estimate of drug-likeness (QED) is 0.382. The van der Waals surface area contributed by atoms with Crippen LogP contribution in [0.1, 0.15) is 10.6 Å². The second kappa shape index (κ2) is 5.70. The molecule has 0 amide bonds. The van der Waals surface area contributed by atoms with Gasteiger partial charge in [0.25, 0.3) is 10.0 Å². The lowest BCUT2D eigenvalue weighted by Gasteiger charge is -2.18. The summed E-state index contributed by atoms with van der Waals surface area (Å²) in [7, 11) is -2.17. The van der Waals surface area contributed by atoms with Crippen molar-refractivity contribution in [1.29, 1.82) is 0 Å². The Morgan fingerprint density at radius 2 is 2.00 bits per heavy atom. The minimum Gasteiger partial charge on any atom is -0.409 e. The minimum absolute atomic E-state index is 0.0369. The number of nitrogens with two attached hydrogens (primary N) is 1. The van der Waals surface area contributed by atoms with Crippen LogP contribution in [0.15, 0.2) is 39.8 Å². The molecule has 0 radical (unpaired) electrons. The highest BCUT2D eigenvalue weighted by Crippen LogP contribution is 2.25. The van der Waals surface area contributed by atoms with E-state index in [1.165, 1.54) is 13.2 Å². The first-order valence-electron chi connectivity index (χ1n) is 5.85. The smallest absolute Gasteiger partial charge is 0.275 e. The summed E-state index contributed by atoms with van der Waals surface area (Å²) < 4.78 is 26.2. The fourth-order valence-electron chi connectivity index (χ4n) is 1.63. The van der Waals surface area contributed by atoms with E-state index in [0.29, 0.717) is 16.3 Å². The van der Waals surface area contributed by atoms with Crippen LogP contribution in [-0.2, 0) is 10.0 Å². The predicted octanol–water partition coefficient (Wildman–Crippen LogP) is 1.37. The van der Waals surface area contributed by atoms with E-state index in [1.54, 1.807) is 31.2 Å².